The number of hydrogen-bond acceptors (Lipinski definition) is 3. The number of hydrogen-bond donors (Lipinski definition) is 0. The van der Waals surface area contributed by atoms with Crippen molar-refractivity contribution >= 4 is 33.8 Å². The van der Waals surface area contributed by atoms with Crippen LogP contribution in [0.3, 0.4) is 0 Å². The summed E-state index contributed by atoms with van der Waals surface area (Å²) in [7, 11) is 0. The highest BCUT2D eigenvalue weighted by molar-refractivity contribution is 9.10. The van der Waals surface area contributed by atoms with Crippen LogP contribution >= 0.6 is 27.5 Å². The normalized spacial score (nSPS) is 10.3. The van der Waals surface area contributed by atoms with E-state index in [1.165, 1.54) is 0 Å². The zero-order chi connectivity index (χ0) is 10.8. The molecular weight excluding hydrogens is 281 g/mol. The van der Waals surface area contributed by atoms with Crippen molar-refractivity contribution in [3.63, 3.8) is 0 Å². The number of rotatable bonds is 2. The minimum Gasteiger partial charge on any atom is -0.354 e. The smallest absolute Gasteiger partial charge is 0.178 e. The zero-order valence-electron chi connectivity index (χ0n) is 7.41. The highest BCUT2D eigenvalue weighted by Gasteiger charge is 2.14. The summed E-state index contributed by atoms with van der Waals surface area (Å²) in [5.41, 5.74) is 1.16. The van der Waals surface area contributed by atoms with Crippen molar-refractivity contribution in [3.05, 3.63) is 39.5 Å². The van der Waals surface area contributed by atoms with E-state index in [1.807, 2.05) is 0 Å². The van der Waals surface area contributed by atoms with E-state index in [0.717, 1.165) is 5.56 Å². The Morgan fingerprint density at radius 2 is 2.00 bits per heavy atom. The average molecular weight is 287 g/mol. The van der Waals surface area contributed by atoms with Gasteiger partial charge >= 0.3 is 0 Å². The average Bonchev–Trinajstić information content (AvgIpc) is 2.61. The van der Waals surface area contributed by atoms with Gasteiger partial charge in [-0.1, -0.05) is 16.8 Å². The number of benzene rings is 1. The molecule has 0 aliphatic heterocycles. The second-order valence-corrected chi connectivity index (χ2v) is 4.03. The van der Waals surface area contributed by atoms with Crippen molar-refractivity contribution in [2.75, 3.05) is 0 Å². The standard InChI is InChI=1S/C10H5BrClNO2/c11-10-8(5-14)9(15-13-10)6-1-3-7(12)4-2-6/h1-5H. The molecule has 2 rings (SSSR count). The lowest BCUT2D eigenvalue weighted by Gasteiger charge is -1.96. The molecule has 3 nitrogen and oxygen atoms in total. The molecule has 15 heavy (non-hydrogen) atoms. The van der Waals surface area contributed by atoms with Crippen LogP contribution in [-0.2, 0) is 0 Å². The molecule has 76 valence electrons. The molecule has 0 atom stereocenters. The monoisotopic (exact) mass is 285 g/mol. The Kier molecular flexibility index (Phi) is 2.88. The lowest BCUT2D eigenvalue weighted by molar-refractivity contribution is 0.112. The summed E-state index contributed by atoms with van der Waals surface area (Å²) in [5.74, 6) is 0.438. The Morgan fingerprint density at radius 1 is 1.33 bits per heavy atom. The molecule has 0 aliphatic rings. The molecule has 5 heteroatoms. The molecule has 1 aromatic heterocycles. The van der Waals surface area contributed by atoms with Gasteiger partial charge in [0.15, 0.2) is 16.6 Å². The van der Waals surface area contributed by atoms with Gasteiger partial charge in [-0.3, -0.25) is 4.79 Å². The molecule has 0 radical (unpaired) electrons. The number of halogens is 2. The predicted octanol–water partition coefficient (Wildman–Crippen LogP) is 3.57. The quantitative estimate of drug-likeness (QED) is 0.793. The molecule has 0 aliphatic carbocycles. The first-order chi connectivity index (χ1) is 7.22. The maximum absolute atomic E-state index is 10.8. The first-order valence-corrected chi connectivity index (χ1v) is 5.25. The second kappa shape index (κ2) is 4.16. The van der Waals surface area contributed by atoms with Gasteiger partial charge in [0, 0.05) is 10.6 Å². The Morgan fingerprint density at radius 3 is 2.60 bits per heavy atom. The van der Waals surface area contributed by atoms with E-state index in [0.29, 0.717) is 27.2 Å². The van der Waals surface area contributed by atoms with E-state index < -0.39 is 0 Å². The Balaban J connectivity index is 2.53. The van der Waals surface area contributed by atoms with Crippen LogP contribution in [0.5, 0.6) is 0 Å². The van der Waals surface area contributed by atoms with Gasteiger partial charge in [-0.05, 0) is 40.2 Å². The van der Waals surface area contributed by atoms with Gasteiger partial charge in [0.05, 0.1) is 5.56 Å². The molecule has 1 heterocycles. The SMILES string of the molecule is O=Cc1c(Br)noc1-c1ccc(Cl)cc1. The molecule has 0 fully saturated rings. The van der Waals surface area contributed by atoms with Gasteiger partial charge in [0.2, 0.25) is 0 Å². The number of aldehydes is 1. The van der Waals surface area contributed by atoms with E-state index >= 15 is 0 Å². The molecule has 0 amide bonds. The van der Waals surface area contributed by atoms with Crippen LogP contribution in [0, 0.1) is 0 Å². The van der Waals surface area contributed by atoms with E-state index in [9.17, 15) is 4.79 Å². The van der Waals surface area contributed by atoms with E-state index in [-0.39, 0.29) is 0 Å². The van der Waals surface area contributed by atoms with Crippen LogP contribution in [-0.4, -0.2) is 11.4 Å². The van der Waals surface area contributed by atoms with Crippen LogP contribution in [0.1, 0.15) is 10.4 Å². The summed E-state index contributed by atoms with van der Waals surface area (Å²) in [5, 5.41) is 4.29. The molecular formula is C10H5BrClNO2. The molecule has 1 aromatic carbocycles. The third kappa shape index (κ3) is 1.96. The molecule has 0 unspecified atom stereocenters. The number of nitrogens with zero attached hydrogens (tertiary/aromatic N) is 1. The van der Waals surface area contributed by atoms with Gasteiger partial charge in [-0.15, -0.1) is 0 Å². The van der Waals surface area contributed by atoms with Crippen LogP contribution in [0.2, 0.25) is 5.02 Å². The van der Waals surface area contributed by atoms with Crippen molar-refractivity contribution in [2.45, 2.75) is 0 Å². The zero-order valence-corrected chi connectivity index (χ0v) is 9.75. The van der Waals surface area contributed by atoms with Crippen LogP contribution < -0.4 is 0 Å². The van der Waals surface area contributed by atoms with E-state index in [2.05, 4.69) is 21.1 Å². The third-order valence-corrected chi connectivity index (χ3v) is 2.73. The molecule has 0 N–H and O–H groups in total. The molecule has 0 spiro atoms. The maximum atomic E-state index is 10.8. The fourth-order valence-electron chi connectivity index (χ4n) is 1.19. The molecule has 0 saturated heterocycles. The maximum Gasteiger partial charge on any atom is 0.178 e. The van der Waals surface area contributed by atoms with Crippen molar-refractivity contribution in [1.29, 1.82) is 0 Å². The molecule has 0 bridgehead atoms. The van der Waals surface area contributed by atoms with Crippen molar-refractivity contribution in [3.8, 4) is 11.3 Å². The topological polar surface area (TPSA) is 43.1 Å². The van der Waals surface area contributed by atoms with Crippen LogP contribution in [0.4, 0.5) is 0 Å². The lowest BCUT2D eigenvalue weighted by atomic mass is 10.1. The summed E-state index contributed by atoms with van der Waals surface area (Å²) in [4.78, 5) is 10.8. The summed E-state index contributed by atoms with van der Waals surface area (Å²) in [6.45, 7) is 0. The number of carbonyl (C=O) groups excluding carboxylic acids is 1. The van der Waals surface area contributed by atoms with E-state index in [1.54, 1.807) is 24.3 Å². The minimum absolute atomic E-state index is 0.400. The summed E-state index contributed by atoms with van der Waals surface area (Å²) in [6, 6.07) is 6.98. The van der Waals surface area contributed by atoms with Crippen molar-refractivity contribution < 1.29 is 9.32 Å². The number of aromatic nitrogens is 1. The summed E-state index contributed by atoms with van der Waals surface area (Å²) < 4.78 is 5.45. The van der Waals surface area contributed by atoms with Gasteiger partial charge < -0.3 is 4.52 Å². The Bertz CT molecular complexity index is 493. The fraction of sp³-hybridized carbons (Fsp3) is 0. The van der Waals surface area contributed by atoms with Gasteiger partial charge in [0.1, 0.15) is 0 Å². The van der Waals surface area contributed by atoms with Crippen molar-refractivity contribution in [1.82, 2.24) is 5.16 Å². The predicted molar refractivity (Wildman–Crippen MR) is 60.0 cm³/mol. The highest BCUT2D eigenvalue weighted by Crippen LogP contribution is 2.28. The van der Waals surface area contributed by atoms with Crippen LogP contribution in [0.15, 0.2) is 33.4 Å². The van der Waals surface area contributed by atoms with Gasteiger partial charge in [-0.25, -0.2) is 0 Å². The lowest BCUT2D eigenvalue weighted by Crippen LogP contribution is -1.82. The third-order valence-electron chi connectivity index (χ3n) is 1.91. The molecule has 2 aromatic rings. The van der Waals surface area contributed by atoms with Gasteiger partial charge in [0.25, 0.3) is 0 Å². The first-order valence-electron chi connectivity index (χ1n) is 4.08. The van der Waals surface area contributed by atoms with Crippen LogP contribution in [0.25, 0.3) is 11.3 Å². The van der Waals surface area contributed by atoms with Crippen molar-refractivity contribution in [2.24, 2.45) is 0 Å². The summed E-state index contributed by atoms with van der Waals surface area (Å²) >= 11 is 8.88. The van der Waals surface area contributed by atoms with Gasteiger partial charge in [-0.2, -0.15) is 0 Å². The number of carbonyl (C=O) groups is 1. The Labute approximate surface area is 99.2 Å². The summed E-state index contributed by atoms with van der Waals surface area (Å²) in [6.07, 6.45) is 0.699. The first kappa shape index (κ1) is 10.4. The minimum atomic E-state index is 0.400. The fourth-order valence-corrected chi connectivity index (χ4v) is 1.66. The molecule has 0 saturated carbocycles. The Hall–Kier alpha value is -1.13. The highest BCUT2D eigenvalue weighted by atomic mass is 79.9. The van der Waals surface area contributed by atoms with E-state index in [4.69, 9.17) is 16.1 Å². The largest absolute Gasteiger partial charge is 0.354 e. The second-order valence-electron chi connectivity index (χ2n) is 2.84.